The second-order valence-electron chi connectivity index (χ2n) is 7.45. The molecule has 30 heavy (non-hydrogen) atoms. The van der Waals surface area contributed by atoms with Crippen LogP contribution in [0.4, 0.5) is 11.5 Å². The number of methoxy groups -OCH3 is 1. The van der Waals surface area contributed by atoms with E-state index in [1.807, 2.05) is 21.9 Å². The fourth-order valence-electron chi connectivity index (χ4n) is 3.86. The monoisotopic (exact) mass is 413 g/mol. The first-order valence-corrected chi connectivity index (χ1v) is 10.2. The summed E-state index contributed by atoms with van der Waals surface area (Å²) in [6, 6.07) is 5.48. The lowest BCUT2D eigenvalue weighted by Gasteiger charge is -2.29. The number of fused-ring (bicyclic) bond motifs is 1. The summed E-state index contributed by atoms with van der Waals surface area (Å²) in [7, 11) is 3.15. The molecule has 0 aromatic carbocycles. The first-order chi connectivity index (χ1) is 14.5. The summed E-state index contributed by atoms with van der Waals surface area (Å²) < 4.78 is 12.4. The van der Waals surface area contributed by atoms with Gasteiger partial charge in [0, 0.05) is 51.3 Å². The number of likely N-dealkylation sites (tertiary alicyclic amines) is 1. The lowest BCUT2D eigenvalue weighted by atomic mass is 10.3. The molecule has 1 atom stereocenters. The molecular weight excluding hydrogens is 386 g/mol. The average molecular weight is 413 g/mol. The van der Waals surface area contributed by atoms with E-state index in [2.05, 4.69) is 9.98 Å². The quantitative estimate of drug-likeness (QED) is 0.825. The number of nitrogens with one attached hydrogen (secondary N) is 1. The van der Waals surface area contributed by atoms with Gasteiger partial charge in [0.05, 0.1) is 6.54 Å². The van der Waals surface area contributed by atoms with Crippen LogP contribution in [0.5, 0.6) is 5.75 Å². The fraction of sp³-hybridized carbons (Fsp3) is 0.476. The molecule has 0 saturated carbocycles. The smallest absolute Gasteiger partial charge is 0.270 e. The van der Waals surface area contributed by atoms with E-state index in [1.54, 1.807) is 26.2 Å². The second-order valence-corrected chi connectivity index (χ2v) is 7.45. The molecule has 0 spiro atoms. The van der Waals surface area contributed by atoms with E-state index >= 15 is 0 Å². The van der Waals surface area contributed by atoms with Gasteiger partial charge < -0.3 is 24.3 Å². The maximum atomic E-state index is 12.8. The van der Waals surface area contributed by atoms with Gasteiger partial charge in [0.1, 0.15) is 23.9 Å². The van der Waals surface area contributed by atoms with Crippen molar-refractivity contribution in [3.63, 3.8) is 0 Å². The zero-order valence-electron chi connectivity index (χ0n) is 17.6. The molecule has 1 saturated heterocycles. The third-order valence-electron chi connectivity index (χ3n) is 5.63. The van der Waals surface area contributed by atoms with Gasteiger partial charge >= 0.3 is 0 Å². The lowest BCUT2D eigenvalue weighted by Crippen LogP contribution is -2.36. The van der Waals surface area contributed by atoms with Crippen molar-refractivity contribution in [1.29, 1.82) is 0 Å². The van der Waals surface area contributed by atoms with Gasteiger partial charge in [0.15, 0.2) is 11.6 Å². The molecule has 2 aliphatic heterocycles. The van der Waals surface area contributed by atoms with Gasteiger partial charge in [-0.1, -0.05) is 0 Å². The molecule has 1 amide bonds. The molecular formula is C21H27N5O4. The molecule has 0 radical (unpaired) electrons. The first kappa shape index (κ1) is 20.2. The zero-order valence-corrected chi connectivity index (χ0v) is 17.6. The highest BCUT2D eigenvalue weighted by molar-refractivity contribution is 5.94. The number of H-pyrrole nitrogens is 1. The van der Waals surface area contributed by atoms with Crippen molar-refractivity contribution >= 4 is 23.3 Å². The Morgan fingerprint density at radius 2 is 2.00 bits per heavy atom. The number of rotatable bonds is 4. The lowest BCUT2D eigenvalue weighted by molar-refractivity contribution is 0.0560. The zero-order chi connectivity index (χ0) is 21.3. The van der Waals surface area contributed by atoms with Crippen molar-refractivity contribution in [3.8, 4) is 5.75 Å². The maximum absolute atomic E-state index is 12.8. The predicted octanol–water partition coefficient (Wildman–Crippen LogP) is 1.79. The minimum Gasteiger partial charge on any atom is -0.488 e. The van der Waals surface area contributed by atoms with Gasteiger partial charge in [-0.2, -0.15) is 0 Å². The van der Waals surface area contributed by atoms with Crippen molar-refractivity contribution in [3.05, 3.63) is 35.6 Å². The Bertz CT molecular complexity index is 1020. The average Bonchev–Trinajstić information content (AvgIpc) is 3.47. The molecule has 0 aliphatic carbocycles. The minimum absolute atomic E-state index is 0.000231. The SMILES string of the molecule is C/N=c1/cc(N2CCOc3cc(C(=O)N4CCCC4)[nH]c32)ccn1C(=O)C(C)OC. The molecule has 1 unspecified atom stereocenters. The van der Waals surface area contributed by atoms with Crippen molar-refractivity contribution < 1.29 is 19.1 Å². The Balaban J connectivity index is 1.66. The maximum Gasteiger partial charge on any atom is 0.270 e. The van der Waals surface area contributed by atoms with Crippen LogP contribution >= 0.6 is 0 Å². The van der Waals surface area contributed by atoms with Crippen molar-refractivity contribution in [2.45, 2.75) is 25.9 Å². The molecule has 2 aromatic heterocycles. The van der Waals surface area contributed by atoms with E-state index in [-0.39, 0.29) is 11.8 Å². The number of pyridine rings is 1. The van der Waals surface area contributed by atoms with Gasteiger partial charge in [-0.15, -0.1) is 0 Å². The Hall–Kier alpha value is -3.07. The van der Waals surface area contributed by atoms with Gasteiger partial charge in [0.2, 0.25) is 0 Å². The first-order valence-electron chi connectivity index (χ1n) is 10.2. The van der Waals surface area contributed by atoms with E-state index in [4.69, 9.17) is 9.47 Å². The van der Waals surface area contributed by atoms with Crippen LogP contribution in [-0.4, -0.2) is 72.8 Å². The van der Waals surface area contributed by atoms with Gasteiger partial charge in [-0.3, -0.25) is 19.1 Å². The molecule has 2 aromatic rings. The summed E-state index contributed by atoms with van der Waals surface area (Å²) >= 11 is 0. The molecule has 4 heterocycles. The minimum atomic E-state index is -0.570. The topological polar surface area (TPSA) is 92.2 Å². The van der Waals surface area contributed by atoms with Gasteiger partial charge in [0.25, 0.3) is 11.8 Å². The molecule has 0 bridgehead atoms. The number of ether oxygens (including phenoxy) is 2. The van der Waals surface area contributed by atoms with Crippen LogP contribution in [-0.2, 0) is 4.74 Å². The number of anilines is 2. The summed E-state index contributed by atoms with van der Waals surface area (Å²) in [5, 5.41) is 0. The second kappa shape index (κ2) is 8.35. The summed E-state index contributed by atoms with van der Waals surface area (Å²) in [4.78, 5) is 36.7. The highest BCUT2D eigenvalue weighted by Crippen LogP contribution is 2.36. The third-order valence-corrected chi connectivity index (χ3v) is 5.63. The molecule has 2 aliphatic rings. The van der Waals surface area contributed by atoms with Crippen LogP contribution in [0.1, 0.15) is 35.0 Å². The standard InChI is InChI=1S/C21H27N5O4/c1-14(29-3)20(27)26-9-6-15(12-18(26)22-2)25-10-11-30-17-13-16(23-19(17)25)21(28)24-7-4-5-8-24/h6,9,12-14,23H,4-5,7-8,10-11H2,1-3H3/b22-18-. The van der Waals surface area contributed by atoms with E-state index in [0.29, 0.717) is 30.1 Å². The highest BCUT2D eigenvalue weighted by Gasteiger charge is 2.28. The van der Waals surface area contributed by atoms with E-state index in [1.165, 1.54) is 11.7 Å². The number of aromatic amines is 1. The third kappa shape index (κ3) is 3.60. The number of nitrogens with zero attached hydrogens (tertiary/aromatic N) is 4. The van der Waals surface area contributed by atoms with Crippen molar-refractivity contribution in [2.75, 3.05) is 45.3 Å². The van der Waals surface area contributed by atoms with Crippen LogP contribution in [0.15, 0.2) is 29.4 Å². The van der Waals surface area contributed by atoms with E-state index in [9.17, 15) is 9.59 Å². The summed E-state index contributed by atoms with van der Waals surface area (Å²) in [5.41, 5.74) is 1.91. The Morgan fingerprint density at radius 3 is 2.70 bits per heavy atom. The van der Waals surface area contributed by atoms with E-state index < -0.39 is 6.10 Å². The Morgan fingerprint density at radius 1 is 1.23 bits per heavy atom. The molecule has 160 valence electrons. The molecule has 9 nitrogen and oxygen atoms in total. The van der Waals surface area contributed by atoms with Crippen LogP contribution in [0.25, 0.3) is 0 Å². The molecule has 1 fully saturated rings. The van der Waals surface area contributed by atoms with Gasteiger partial charge in [-0.25, -0.2) is 0 Å². The largest absolute Gasteiger partial charge is 0.488 e. The van der Waals surface area contributed by atoms with Crippen molar-refractivity contribution in [1.82, 2.24) is 14.5 Å². The highest BCUT2D eigenvalue weighted by atomic mass is 16.5. The molecule has 9 heteroatoms. The van der Waals surface area contributed by atoms with Crippen LogP contribution in [0.3, 0.4) is 0 Å². The Kier molecular flexibility index (Phi) is 5.63. The molecule has 4 rings (SSSR count). The van der Waals surface area contributed by atoms with E-state index in [0.717, 1.165) is 37.4 Å². The number of aromatic nitrogens is 2. The van der Waals surface area contributed by atoms with Crippen LogP contribution in [0, 0.1) is 0 Å². The Labute approximate surface area is 174 Å². The van der Waals surface area contributed by atoms with Gasteiger partial charge in [-0.05, 0) is 25.8 Å². The number of hydrogen-bond acceptors (Lipinski definition) is 6. The number of carbonyl (C=O) groups is 2. The fourth-order valence-corrected chi connectivity index (χ4v) is 3.86. The number of amides is 1. The van der Waals surface area contributed by atoms with Crippen LogP contribution in [0.2, 0.25) is 0 Å². The summed E-state index contributed by atoms with van der Waals surface area (Å²) in [6.07, 6.45) is 3.22. The van der Waals surface area contributed by atoms with Crippen LogP contribution < -0.4 is 15.1 Å². The normalized spacial score (nSPS) is 17.6. The summed E-state index contributed by atoms with van der Waals surface area (Å²) in [5.74, 6) is 1.20. The number of hydrogen-bond donors (Lipinski definition) is 1. The predicted molar refractivity (Wildman–Crippen MR) is 111 cm³/mol. The number of carbonyl (C=O) groups excluding carboxylic acids is 2. The van der Waals surface area contributed by atoms with Crippen molar-refractivity contribution in [2.24, 2.45) is 4.99 Å². The molecule has 1 N–H and O–H groups in total. The summed E-state index contributed by atoms with van der Waals surface area (Å²) in [6.45, 7) is 4.40.